The Morgan fingerprint density at radius 2 is 2.04 bits per heavy atom. The van der Waals surface area contributed by atoms with Crippen molar-refractivity contribution in [3.63, 3.8) is 0 Å². The normalized spacial score (nSPS) is 18.7. The van der Waals surface area contributed by atoms with Gasteiger partial charge in [0.2, 0.25) is 5.91 Å². The quantitative estimate of drug-likeness (QED) is 0.829. The van der Waals surface area contributed by atoms with Gasteiger partial charge in [-0.05, 0) is 56.4 Å². The Morgan fingerprint density at radius 1 is 1.29 bits per heavy atom. The third-order valence-electron chi connectivity index (χ3n) is 5.95. The summed E-state index contributed by atoms with van der Waals surface area (Å²) in [4.78, 5) is 30.0. The van der Waals surface area contributed by atoms with Crippen LogP contribution in [0.1, 0.15) is 38.2 Å². The number of H-pyrrole nitrogens is 1. The Bertz CT molecular complexity index is 879. The van der Waals surface area contributed by atoms with E-state index in [0.717, 1.165) is 47.9 Å². The van der Waals surface area contributed by atoms with Crippen LogP contribution in [0.15, 0.2) is 24.4 Å². The number of ether oxygens (including phenoxy) is 2. The third-order valence-corrected chi connectivity index (χ3v) is 5.95. The van der Waals surface area contributed by atoms with Gasteiger partial charge in [-0.3, -0.25) is 4.79 Å². The molecule has 1 aromatic carbocycles. The van der Waals surface area contributed by atoms with Gasteiger partial charge in [0.1, 0.15) is 5.75 Å². The number of nitrogens with one attached hydrogen (secondary N) is 2. The van der Waals surface area contributed by atoms with Crippen molar-refractivity contribution in [1.29, 1.82) is 0 Å². The first kappa shape index (κ1) is 18.7. The van der Waals surface area contributed by atoms with Crippen molar-refractivity contribution in [2.45, 2.75) is 44.1 Å². The zero-order valence-corrected chi connectivity index (χ0v) is 16.4. The van der Waals surface area contributed by atoms with Gasteiger partial charge in [0.15, 0.2) is 0 Å². The van der Waals surface area contributed by atoms with Gasteiger partial charge in [-0.2, -0.15) is 0 Å². The smallest absolute Gasteiger partial charge is 0.409 e. The number of carbonyl (C=O) groups is 2. The molecule has 1 aliphatic carbocycles. The van der Waals surface area contributed by atoms with E-state index in [1.807, 2.05) is 24.4 Å². The molecule has 0 bridgehead atoms. The van der Waals surface area contributed by atoms with Crippen molar-refractivity contribution in [3.8, 4) is 5.75 Å². The van der Waals surface area contributed by atoms with Crippen molar-refractivity contribution in [1.82, 2.24) is 15.2 Å². The molecule has 2 aliphatic rings. The molecule has 0 unspecified atom stereocenters. The van der Waals surface area contributed by atoms with Gasteiger partial charge in [-0.1, -0.05) is 0 Å². The number of fused-ring (bicyclic) bond motifs is 1. The summed E-state index contributed by atoms with van der Waals surface area (Å²) in [6.07, 6.45) is 4.90. The molecule has 0 atom stereocenters. The van der Waals surface area contributed by atoms with E-state index < -0.39 is 5.41 Å². The van der Waals surface area contributed by atoms with E-state index in [4.69, 9.17) is 9.47 Å². The van der Waals surface area contributed by atoms with Gasteiger partial charge in [0.25, 0.3) is 0 Å². The minimum Gasteiger partial charge on any atom is -0.497 e. The van der Waals surface area contributed by atoms with E-state index in [9.17, 15) is 9.59 Å². The molecule has 2 amide bonds. The minimum absolute atomic E-state index is 0.0887. The van der Waals surface area contributed by atoms with Crippen LogP contribution < -0.4 is 10.1 Å². The van der Waals surface area contributed by atoms with E-state index in [1.165, 1.54) is 0 Å². The third kappa shape index (κ3) is 3.30. The maximum absolute atomic E-state index is 13.1. The lowest BCUT2D eigenvalue weighted by Crippen LogP contribution is -2.49. The Labute approximate surface area is 164 Å². The number of aromatic nitrogens is 1. The zero-order chi connectivity index (χ0) is 19.7. The van der Waals surface area contributed by atoms with Gasteiger partial charge in [-0.25, -0.2) is 4.79 Å². The van der Waals surface area contributed by atoms with Crippen LogP contribution in [0.2, 0.25) is 0 Å². The lowest BCUT2D eigenvalue weighted by Gasteiger charge is -2.32. The first-order chi connectivity index (χ1) is 13.6. The summed E-state index contributed by atoms with van der Waals surface area (Å²) in [5.74, 6) is 0.877. The molecule has 2 heterocycles. The maximum Gasteiger partial charge on any atom is 0.409 e. The molecule has 28 heavy (non-hydrogen) atoms. The Hall–Kier alpha value is -2.70. The average molecular weight is 385 g/mol. The van der Waals surface area contributed by atoms with E-state index in [2.05, 4.69) is 10.3 Å². The average Bonchev–Trinajstić information content (AvgIpc) is 3.41. The predicted octanol–water partition coefficient (Wildman–Crippen LogP) is 2.95. The fraction of sp³-hybridized carbons (Fsp3) is 0.524. The van der Waals surface area contributed by atoms with E-state index in [0.29, 0.717) is 19.7 Å². The molecular weight excluding hydrogens is 358 g/mol. The highest BCUT2D eigenvalue weighted by Crippen LogP contribution is 2.51. The number of piperidine rings is 1. The molecule has 1 aromatic heterocycles. The molecule has 1 saturated heterocycles. The minimum atomic E-state index is -0.455. The molecular formula is C21H27N3O4. The Morgan fingerprint density at radius 3 is 2.68 bits per heavy atom. The number of amides is 2. The molecule has 7 heteroatoms. The fourth-order valence-corrected chi connectivity index (χ4v) is 4.11. The SMILES string of the molecule is CCOC(=O)N1CCC(NC(=O)C2(c3c[nH]c4ccc(OC)cc34)CC2)CC1. The molecule has 4 rings (SSSR count). The summed E-state index contributed by atoms with van der Waals surface area (Å²) >= 11 is 0. The molecule has 0 radical (unpaired) electrons. The van der Waals surface area contributed by atoms with Crippen LogP contribution in [0.3, 0.4) is 0 Å². The van der Waals surface area contributed by atoms with Gasteiger partial charge in [0.05, 0.1) is 19.1 Å². The number of hydrogen-bond donors (Lipinski definition) is 2. The molecule has 0 spiro atoms. The van der Waals surface area contributed by atoms with Crippen LogP contribution in [0.4, 0.5) is 4.79 Å². The van der Waals surface area contributed by atoms with Crippen LogP contribution in [-0.4, -0.2) is 54.7 Å². The summed E-state index contributed by atoms with van der Waals surface area (Å²) in [6, 6.07) is 5.98. The first-order valence-electron chi connectivity index (χ1n) is 9.95. The topological polar surface area (TPSA) is 83.7 Å². The van der Waals surface area contributed by atoms with Crippen LogP contribution in [-0.2, 0) is 14.9 Å². The van der Waals surface area contributed by atoms with Crippen molar-refractivity contribution in [3.05, 3.63) is 30.0 Å². The number of carbonyl (C=O) groups excluding carboxylic acids is 2. The number of aromatic amines is 1. The second-order valence-electron chi connectivity index (χ2n) is 7.63. The molecule has 1 aliphatic heterocycles. The maximum atomic E-state index is 13.1. The number of rotatable bonds is 5. The van der Waals surface area contributed by atoms with E-state index in [1.54, 1.807) is 18.9 Å². The summed E-state index contributed by atoms with van der Waals surface area (Å²) in [5.41, 5.74) is 1.60. The fourth-order valence-electron chi connectivity index (χ4n) is 4.11. The first-order valence-corrected chi connectivity index (χ1v) is 9.95. The monoisotopic (exact) mass is 385 g/mol. The lowest BCUT2D eigenvalue weighted by molar-refractivity contribution is -0.124. The Kier molecular flexibility index (Phi) is 4.91. The molecule has 2 N–H and O–H groups in total. The zero-order valence-electron chi connectivity index (χ0n) is 16.4. The number of benzene rings is 1. The summed E-state index contributed by atoms with van der Waals surface area (Å²) in [7, 11) is 1.65. The number of nitrogens with zero attached hydrogens (tertiary/aromatic N) is 1. The Balaban J connectivity index is 1.44. The second kappa shape index (κ2) is 7.37. The van der Waals surface area contributed by atoms with Crippen molar-refractivity contribution in [2.24, 2.45) is 0 Å². The van der Waals surface area contributed by atoms with E-state index in [-0.39, 0.29) is 18.0 Å². The highest BCUT2D eigenvalue weighted by atomic mass is 16.6. The van der Waals surface area contributed by atoms with Gasteiger partial charge in [-0.15, -0.1) is 0 Å². The molecule has 2 fully saturated rings. The molecule has 1 saturated carbocycles. The summed E-state index contributed by atoms with van der Waals surface area (Å²) in [6.45, 7) is 3.41. The summed E-state index contributed by atoms with van der Waals surface area (Å²) < 4.78 is 10.4. The van der Waals surface area contributed by atoms with Crippen LogP contribution in [0.25, 0.3) is 10.9 Å². The van der Waals surface area contributed by atoms with Crippen LogP contribution in [0, 0.1) is 0 Å². The molecule has 7 nitrogen and oxygen atoms in total. The van der Waals surface area contributed by atoms with Crippen LogP contribution in [0.5, 0.6) is 5.75 Å². The number of likely N-dealkylation sites (tertiary alicyclic amines) is 1. The van der Waals surface area contributed by atoms with Crippen molar-refractivity contribution >= 4 is 22.9 Å². The molecule has 150 valence electrons. The van der Waals surface area contributed by atoms with Crippen molar-refractivity contribution in [2.75, 3.05) is 26.8 Å². The highest BCUT2D eigenvalue weighted by Gasteiger charge is 2.53. The van der Waals surface area contributed by atoms with Gasteiger partial charge < -0.3 is 24.7 Å². The van der Waals surface area contributed by atoms with Gasteiger partial charge in [0, 0.05) is 36.2 Å². The van der Waals surface area contributed by atoms with E-state index >= 15 is 0 Å². The summed E-state index contributed by atoms with van der Waals surface area (Å²) in [5, 5.41) is 4.28. The van der Waals surface area contributed by atoms with Crippen LogP contribution >= 0.6 is 0 Å². The second-order valence-corrected chi connectivity index (χ2v) is 7.63. The van der Waals surface area contributed by atoms with Gasteiger partial charge >= 0.3 is 6.09 Å². The van der Waals surface area contributed by atoms with Crippen molar-refractivity contribution < 1.29 is 19.1 Å². The number of hydrogen-bond acceptors (Lipinski definition) is 4. The largest absolute Gasteiger partial charge is 0.497 e. The standard InChI is InChI=1S/C21H27N3O4/c1-3-28-20(26)24-10-6-14(7-11-24)23-19(25)21(8-9-21)17-13-22-18-5-4-15(27-2)12-16(17)18/h4-5,12-14,22H,3,6-11H2,1-2H3,(H,23,25). The molecule has 2 aromatic rings. The lowest BCUT2D eigenvalue weighted by atomic mass is 9.93. The predicted molar refractivity (Wildman–Crippen MR) is 106 cm³/mol. The highest BCUT2D eigenvalue weighted by molar-refractivity contribution is 5.98. The number of methoxy groups -OCH3 is 1.